The first-order valence-corrected chi connectivity index (χ1v) is 33.0. The van der Waals surface area contributed by atoms with Gasteiger partial charge in [0.15, 0.2) is 6.10 Å². The van der Waals surface area contributed by atoms with Gasteiger partial charge >= 0.3 is 11.9 Å². The van der Waals surface area contributed by atoms with Crippen molar-refractivity contribution in [2.45, 2.75) is 322 Å². The summed E-state index contributed by atoms with van der Waals surface area (Å²) in [5.41, 5.74) is 0. The predicted octanol–water partition coefficient (Wildman–Crippen LogP) is 19.1. The van der Waals surface area contributed by atoms with Crippen LogP contribution in [-0.2, 0) is 32.7 Å². The number of hydrogen-bond acceptors (Lipinski definition) is 8. The minimum Gasteiger partial charge on any atom is -0.756 e. The second kappa shape index (κ2) is 55.3. The second-order valence-corrected chi connectivity index (χ2v) is 24.2. The van der Waals surface area contributed by atoms with E-state index in [-0.39, 0.29) is 32.0 Å². The molecule has 432 valence electrons. The summed E-state index contributed by atoms with van der Waals surface area (Å²) in [5, 5.41) is 0. The van der Waals surface area contributed by atoms with Crippen LogP contribution in [-0.4, -0.2) is 70.0 Å². The summed E-state index contributed by atoms with van der Waals surface area (Å²) in [4.78, 5) is 37.8. The minimum atomic E-state index is -4.63. The summed E-state index contributed by atoms with van der Waals surface area (Å²) in [7, 11) is 1.19. The lowest BCUT2D eigenvalue weighted by molar-refractivity contribution is -0.870. The molecule has 0 heterocycles. The number of phosphoric ester groups is 1. The third-order valence-electron chi connectivity index (χ3n) is 14.2. The summed E-state index contributed by atoms with van der Waals surface area (Å²) in [6.45, 7) is 4.28. The highest BCUT2D eigenvalue weighted by molar-refractivity contribution is 7.45. The highest BCUT2D eigenvalue weighted by Gasteiger charge is 2.22. The van der Waals surface area contributed by atoms with Crippen molar-refractivity contribution in [3.05, 3.63) is 24.3 Å². The molecule has 0 aromatic carbocycles. The van der Waals surface area contributed by atoms with Crippen molar-refractivity contribution in [2.24, 2.45) is 0 Å². The van der Waals surface area contributed by atoms with Crippen LogP contribution >= 0.6 is 7.82 Å². The quantitative estimate of drug-likeness (QED) is 0.0195. The Morgan fingerprint density at radius 1 is 0.425 bits per heavy atom. The number of rotatable bonds is 59. The van der Waals surface area contributed by atoms with Crippen molar-refractivity contribution in [3.8, 4) is 0 Å². The van der Waals surface area contributed by atoms with E-state index in [0.717, 1.165) is 38.5 Å². The van der Waals surface area contributed by atoms with Gasteiger partial charge in [-0.15, -0.1) is 0 Å². The Labute approximate surface area is 453 Å². The Kier molecular flexibility index (Phi) is 54.1. The summed E-state index contributed by atoms with van der Waals surface area (Å²) < 4.78 is 34.2. The van der Waals surface area contributed by atoms with Gasteiger partial charge in [0, 0.05) is 12.8 Å². The summed E-state index contributed by atoms with van der Waals surface area (Å²) >= 11 is 0. The largest absolute Gasteiger partial charge is 0.756 e. The molecule has 0 aromatic rings. The van der Waals surface area contributed by atoms with Crippen LogP contribution in [0.3, 0.4) is 0 Å². The normalized spacial score (nSPS) is 13.3. The van der Waals surface area contributed by atoms with E-state index < -0.39 is 26.5 Å². The molecule has 0 aliphatic carbocycles. The maximum atomic E-state index is 12.8. The Hall–Kier alpha value is -1.51. The van der Waals surface area contributed by atoms with Gasteiger partial charge in [-0.3, -0.25) is 14.2 Å². The fraction of sp³-hybridized carbons (Fsp3) is 0.905. The number of carbonyl (C=O) groups is 2. The molecule has 0 saturated heterocycles. The van der Waals surface area contributed by atoms with Crippen LogP contribution in [0.15, 0.2) is 24.3 Å². The maximum absolute atomic E-state index is 12.8. The topological polar surface area (TPSA) is 111 Å². The highest BCUT2D eigenvalue weighted by atomic mass is 31.2. The second-order valence-electron chi connectivity index (χ2n) is 22.8. The van der Waals surface area contributed by atoms with Crippen LogP contribution in [0, 0.1) is 0 Å². The van der Waals surface area contributed by atoms with Crippen LogP contribution in [0.25, 0.3) is 0 Å². The summed E-state index contributed by atoms with van der Waals surface area (Å²) in [6, 6.07) is 0. The highest BCUT2D eigenvalue weighted by Crippen LogP contribution is 2.38. The monoisotopic (exact) mass is 1050 g/mol. The van der Waals surface area contributed by atoms with Gasteiger partial charge in [0.05, 0.1) is 27.7 Å². The third-order valence-corrected chi connectivity index (χ3v) is 15.2. The molecule has 0 bridgehead atoms. The average Bonchev–Trinajstić information content (AvgIpc) is 3.35. The average molecular weight is 1050 g/mol. The number of phosphoric acid groups is 1. The molecule has 2 atom stereocenters. The van der Waals surface area contributed by atoms with Crippen molar-refractivity contribution in [1.82, 2.24) is 0 Å². The van der Waals surface area contributed by atoms with E-state index in [9.17, 15) is 19.0 Å². The van der Waals surface area contributed by atoms with Crippen molar-refractivity contribution in [3.63, 3.8) is 0 Å². The molecule has 0 amide bonds. The SMILES string of the molecule is CCCCCCC/C=C\C/C=C\CCCCCCCCCCCCCCCCCCCCCCCCCC(=O)OC(COC(=O)CCCCCCCCCCCCCCCC)COP(=O)([O-])OCC[N+](C)(C)C. The van der Waals surface area contributed by atoms with E-state index in [4.69, 9.17) is 18.5 Å². The molecule has 0 saturated carbocycles. The molecule has 2 unspecified atom stereocenters. The Morgan fingerprint density at radius 3 is 1.08 bits per heavy atom. The van der Waals surface area contributed by atoms with E-state index in [0.29, 0.717) is 17.4 Å². The number of carbonyl (C=O) groups excluding carboxylic acids is 2. The Balaban J connectivity index is 3.93. The molecule has 73 heavy (non-hydrogen) atoms. The number of esters is 2. The number of likely N-dealkylation sites (N-methyl/N-ethyl adjacent to an activating group) is 1. The number of hydrogen-bond donors (Lipinski definition) is 0. The molecule has 10 heteroatoms. The van der Waals surface area contributed by atoms with Crippen LogP contribution in [0.1, 0.15) is 316 Å². The molecule has 0 N–H and O–H groups in total. The van der Waals surface area contributed by atoms with Crippen LogP contribution in [0.4, 0.5) is 0 Å². The zero-order valence-corrected chi connectivity index (χ0v) is 50.0. The molecule has 0 spiro atoms. The zero-order chi connectivity index (χ0) is 53.5. The zero-order valence-electron chi connectivity index (χ0n) is 49.1. The van der Waals surface area contributed by atoms with Crippen LogP contribution < -0.4 is 4.89 Å². The number of unbranched alkanes of at least 4 members (excludes halogenated alkanes) is 41. The van der Waals surface area contributed by atoms with Crippen LogP contribution in [0.2, 0.25) is 0 Å². The molecule has 0 aliphatic rings. The number of quaternary nitrogens is 1. The Bertz CT molecular complexity index is 1280. The van der Waals surface area contributed by atoms with E-state index in [1.807, 2.05) is 21.1 Å². The molecular formula is C63H122NO8P. The number of ether oxygens (including phenoxy) is 2. The van der Waals surface area contributed by atoms with Gasteiger partial charge in [-0.25, -0.2) is 0 Å². The lowest BCUT2D eigenvalue weighted by Gasteiger charge is -2.28. The summed E-state index contributed by atoms with van der Waals surface area (Å²) in [6.07, 6.45) is 66.8. The molecule has 0 fully saturated rings. The Morgan fingerprint density at radius 2 is 0.740 bits per heavy atom. The first-order valence-electron chi connectivity index (χ1n) is 31.5. The minimum absolute atomic E-state index is 0.0267. The van der Waals surface area contributed by atoms with Gasteiger partial charge in [-0.05, 0) is 44.9 Å². The van der Waals surface area contributed by atoms with Crippen LogP contribution in [0.5, 0.6) is 0 Å². The van der Waals surface area contributed by atoms with Crippen molar-refractivity contribution < 1.29 is 42.1 Å². The smallest absolute Gasteiger partial charge is 0.306 e. The van der Waals surface area contributed by atoms with Crippen molar-refractivity contribution in [1.29, 1.82) is 0 Å². The van der Waals surface area contributed by atoms with Gasteiger partial charge in [0.2, 0.25) is 0 Å². The predicted molar refractivity (Wildman–Crippen MR) is 310 cm³/mol. The maximum Gasteiger partial charge on any atom is 0.306 e. The molecule has 9 nitrogen and oxygen atoms in total. The lowest BCUT2D eigenvalue weighted by Crippen LogP contribution is -2.37. The standard InChI is InChI=1S/C63H122NO8P/c1-6-8-10-12-14-16-18-20-22-23-24-25-26-27-28-29-30-31-32-33-34-35-36-37-38-39-40-41-42-44-46-48-50-52-54-56-63(66)72-61(60-71-73(67,68)70-58-57-64(3,4)5)59-69-62(65)55-53-51-49-47-45-43-21-19-17-15-13-11-9-7-2/h18,20,23-24,61H,6-17,19,21-22,25-60H2,1-5H3/b20-18-,24-23-. The molecule has 0 aliphatic heterocycles. The van der Waals surface area contributed by atoms with Gasteiger partial charge in [0.1, 0.15) is 19.8 Å². The van der Waals surface area contributed by atoms with Crippen molar-refractivity contribution in [2.75, 3.05) is 47.5 Å². The fourth-order valence-electron chi connectivity index (χ4n) is 9.34. The first kappa shape index (κ1) is 71.5. The van der Waals surface area contributed by atoms with Gasteiger partial charge in [0.25, 0.3) is 7.82 Å². The molecular weight excluding hydrogens is 930 g/mol. The van der Waals surface area contributed by atoms with Gasteiger partial charge < -0.3 is 27.9 Å². The molecule has 0 rings (SSSR count). The first-order chi connectivity index (χ1) is 35.5. The van der Waals surface area contributed by atoms with E-state index in [1.54, 1.807) is 0 Å². The number of allylic oxidation sites excluding steroid dienone is 4. The van der Waals surface area contributed by atoms with E-state index in [1.165, 1.54) is 244 Å². The fourth-order valence-corrected chi connectivity index (χ4v) is 10.1. The van der Waals surface area contributed by atoms with E-state index >= 15 is 0 Å². The van der Waals surface area contributed by atoms with Crippen molar-refractivity contribution >= 4 is 19.8 Å². The molecule has 0 aromatic heterocycles. The van der Waals surface area contributed by atoms with Gasteiger partial charge in [-0.2, -0.15) is 0 Å². The molecule has 0 radical (unpaired) electrons. The third kappa shape index (κ3) is 59.6. The van der Waals surface area contributed by atoms with E-state index in [2.05, 4.69) is 38.2 Å². The number of nitrogens with zero attached hydrogens (tertiary/aromatic N) is 1. The lowest BCUT2D eigenvalue weighted by atomic mass is 10.0. The summed E-state index contributed by atoms with van der Waals surface area (Å²) in [5.74, 6) is -0.814. The van der Waals surface area contributed by atoms with Gasteiger partial charge in [-0.1, -0.05) is 282 Å².